The van der Waals surface area contributed by atoms with E-state index in [1.54, 1.807) is 19.2 Å². The highest BCUT2D eigenvalue weighted by atomic mass is 16.3. The zero-order chi connectivity index (χ0) is 15.8. The summed E-state index contributed by atoms with van der Waals surface area (Å²) in [6.07, 6.45) is -1.75. The highest BCUT2D eigenvalue weighted by Crippen LogP contribution is 2.24. The number of carbonyl (C=O) groups excluding carboxylic acids is 1. The molecule has 2 rings (SSSR count). The van der Waals surface area contributed by atoms with E-state index < -0.39 is 12.2 Å². The van der Waals surface area contributed by atoms with Gasteiger partial charge < -0.3 is 20.4 Å². The zero-order valence-electron chi connectivity index (χ0n) is 12.9. The molecule has 21 heavy (non-hydrogen) atoms. The van der Waals surface area contributed by atoms with E-state index in [2.05, 4.69) is 10.3 Å². The summed E-state index contributed by atoms with van der Waals surface area (Å²) in [5.41, 5.74) is 1.16. The first-order valence-electron chi connectivity index (χ1n) is 7.08. The van der Waals surface area contributed by atoms with Gasteiger partial charge in [-0.3, -0.25) is 4.79 Å². The fraction of sp³-hybridized carbons (Fsp3) is 0.600. The van der Waals surface area contributed by atoms with Crippen molar-refractivity contribution >= 4 is 11.7 Å². The maximum atomic E-state index is 12.5. The van der Waals surface area contributed by atoms with E-state index >= 15 is 0 Å². The average molecular weight is 293 g/mol. The number of hydrogen-bond acceptors (Lipinski definition) is 5. The number of anilines is 1. The van der Waals surface area contributed by atoms with Crippen molar-refractivity contribution in [1.29, 1.82) is 0 Å². The fourth-order valence-corrected chi connectivity index (χ4v) is 2.28. The lowest BCUT2D eigenvalue weighted by atomic mass is 9.90. The van der Waals surface area contributed by atoms with E-state index in [9.17, 15) is 15.0 Å². The first-order valence-corrected chi connectivity index (χ1v) is 7.08. The summed E-state index contributed by atoms with van der Waals surface area (Å²) in [5.74, 6) is 0.432. The van der Waals surface area contributed by atoms with Gasteiger partial charge >= 0.3 is 0 Å². The van der Waals surface area contributed by atoms with Crippen LogP contribution in [0.5, 0.6) is 0 Å². The lowest BCUT2D eigenvalue weighted by molar-refractivity contribution is 0.0572. The van der Waals surface area contributed by atoms with Crippen molar-refractivity contribution in [2.75, 3.05) is 25.5 Å². The van der Waals surface area contributed by atoms with Crippen molar-refractivity contribution in [2.45, 2.75) is 38.4 Å². The van der Waals surface area contributed by atoms with Crippen LogP contribution in [0.15, 0.2) is 12.1 Å². The standard InChI is InChI=1S/C15H23N3O3/c1-15(2,3)12-5-9(6-13(16-4)17-12)14(21)18-7-10(19)11(20)8-18/h5-6,10-11,19-20H,7-8H2,1-4H3,(H,16,17). The molecule has 1 saturated heterocycles. The molecule has 6 nitrogen and oxygen atoms in total. The average Bonchev–Trinajstić information content (AvgIpc) is 2.76. The highest BCUT2D eigenvalue weighted by molar-refractivity contribution is 5.95. The van der Waals surface area contributed by atoms with Gasteiger partial charge in [-0.25, -0.2) is 4.98 Å². The summed E-state index contributed by atoms with van der Waals surface area (Å²) in [6, 6.07) is 3.47. The van der Waals surface area contributed by atoms with E-state index in [1.165, 1.54) is 4.90 Å². The Morgan fingerprint density at radius 2 is 1.86 bits per heavy atom. The van der Waals surface area contributed by atoms with Crippen molar-refractivity contribution < 1.29 is 15.0 Å². The molecule has 1 fully saturated rings. The van der Waals surface area contributed by atoms with Crippen LogP contribution in [0.3, 0.4) is 0 Å². The van der Waals surface area contributed by atoms with Crippen LogP contribution >= 0.6 is 0 Å². The molecule has 1 aromatic rings. The molecule has 0 saturated carbocycles. The van der Waals surface area contributed by atoms with Gasteiger partial charge in [0.1, 0.15) is 5.82 Å². The number of aromatic nitrogens is 1. The van der Waals surface area contributed by atoms with Crippen molar-refractivity contribution in [3.8, 4) is 0 Å². The van der Waals surface area contributed by atoms with Gasteiger partial charge in [0.15, 0.2) is 0 Å². The first-order chi connectivity index (χ1) is 9.72. The van der Waals surface area contributed by atoms with Crippen LogP contribution < -0.4 is 5.32 Å². The number of aliphatic hydroxyl groups excluding tert-OH is 2. The largest absolute Gasteiger partial charge is 0.388 e. The zero-order valence-corrected chi connectivity index (χ0v) is 12.9. The second-order valence-electron chi connectivity index (χ2n) is 6.47. The number of nitrogens with zero attached hydrogens (tertiary/aromatic N) is 2. The molecule has 3 N–H and O–H groups in total. The normalized spacial score (nSPS) is 22.5. The van der Waals surface area contributed by atoms with Gasteiger partial charge in [0.25, 0.3) is 5.91 Å². The molecule has 0 radical (unpaired) electrons. The third-order valence-corrected chi connectivity index (χ3v) is 3.64. The molecule has 0 bridgehead atoms. The van der Waals surface area contributed by atoms with Crippen molar-refractivity contribution in [3.63, 3.8) is 0 Å². The predicted octanol–water partition coefficient (Wildman–Crippen LogP) is 0.598. The smallest absolute Gasteiger partial charge is 0.254 e. The number of aliphatic hydroxyl groups is 2. The summed E-state index contributed by atoms with van der Waals surface area (Å²) in [5, 5.41) is 22.1. The third kappa shape index (κ3) is 3.33. The van der Waals surface area contributed by atoms with E-state index in [-0.39, 0.29) is 24.4 Å². The summed E-state index contributed by atoms with van der Waals surface area (Å²) in [7, 11) is 1.76. The Morgan fingerprint density at radius 1 is 1.29 bits per heavy atom. The van der Waals surface area contributed by atoms with Crippen LogP contribution in [-0.4, -0.2) is 58.3 Å². The first kappa shape index (κ1) is 15.7. The molecular formula is C15H23N3O3. The van der Waals surface area contributed by atoms with Crippen LogP contribution in [0, 0.1) is 0 Å². The molecule has 2 atom stereocenters. The predicted molar refractivity (Wildman–Crippen MR) is 80.4 cm³/mol. The molecule has 116 valence electrons. The van der Waals surface area contributed by atoms with Crippen molar-refractivity contribution in [1.82, 2.24) is 9.88 Å². The number of rotatable bonds is 2. The van der Waals surface area contributed by atoms with Crippen LogP contribution in [-0.2, 0) is 5.41 Å². The molecule has 0 aliphatic carbocycles. The summed E-state index contributed by atoms with van der Waals surface area (Å²) >= 11 is 0. The molecule has 1 aliphatic heterocycles. The van der Waals surface area contributed by atoms with E-state index in [1.807, 2.05) is 20.8 Å². The lowest BCUT2D eigenvalue weighted by Crippen LogP contribution is -2.30. The minimum Gasteiger partial charge on any atom is -0.388 e. The monoisotopic (exact) mass is 293 g/mol. The number of carbonyl (C=O) groups is 1. The van der Waals surface area contributed by atoms with Gasteiger partial charge in [-0.2, -0.15) is 0 Å². The summed E-state index contributed by atoms with van der Waals surface area (Å²) in [4.78, 5) is 18.5. The van der Waals surface area contributed by atoms with Crippen LogP contribution in [0.4, 0.5) is 5.82 Å². The van der Waals surface area contributed by atoms with E-state index in [0.717, 1.165) is 5.69 Å². The number of likely N-dealkylation sites (tertiary alicyclic amines) is 1. The van der Waals surface area contributed by atoms with Crippen LogP contribution in [0.25, 0.3) is 0 Å². The van der Waals surface area contributed by atoms with Gasteiger partial charge in [0, 0.05) is 36.8 Å². The lowest BCUT2D eigenvalue weighted by Gasteiger charge is -2.21. The van der Waals surface area contributed by atoms with Crippen molar-refractivity contribution in [2.24, 2.45) is 0 Å². The number of β-amino-alcohol motifs (C(OH)–C–C–N with tert-alkyl or cyclic N) is 2. The molecule has 1 aliphatic rings. The Kier molecular flexibility index (Phi) is 4.20. The quantitative estimate of drug-likeness (QED) is 0.743. The molecule has 1 aromatic heterocycles. The Labute approximate surface area is 124 Å². The van der Waals surface area contributed by atoms with Gasteiger partial charge in [0.05, 0.1) is 12.2 Å². The molecule has 1 amide bonds. The van der Waals surface area contributed by atoms with E-state index in [4.69, 9.17) is 0 Å². The van der Waals surface area contributed by atoms with E-state index in [0.29, 0.717) is 11.4 Å². The maximum Gasteiger partial charge on any atom is 0.254 e. The van der Waals surface area contributed by atoms with Gasteiger partial charge in [-0.1, -0.05) is 20.8 Å². The molecule has 2 heterocycles. The molecule has 2 unspecified atom stereocenters. The number of pyridine rings is 1. The summed E-state index contributed by atoms with van der Waals surface area (Å²) in [6.45, 7) is 6.41. The Hall–Kier alpha value is -1.66. The molecule has 6 heteroatoms. The molecule has 0 aromatic carbocycles. The number of hydrogen-bond donors (Lipinski definition) is 3. The third-order valence-electron chi connectivity index (χ3n) is 3.64. The Balaban J connectivity index is 2.33. The minimum absolute atomic E-state index is 0.155. The minimum atomic E-state index is -0.873. The fourth-order valence-electron chi connectivity index (χ4n) is 2.28. The van der Waals surface area contributed by atoms with Crippen LogP contribution in [0.2, 0.25) is 0 Å². The van der Waals surface area contributed by atoms with Crippen LogP contribution in [0.1, 0.15) is 36.8 Å². The Morgan fingerprint density at radius 3 is 2.33 bits per heavy atom. The highest BCUT2D eigenvalue weighted by Gasteiger charge is 2.33. The molecular weight excluding hydrogens is 270 g/mol. The summed E-state index contributed by atoms with van der Waals surface area (Å²) < 4.78 is 0. The number of nitrogens with one attached hydrogen (secondary N) is 1. The van der Waals surface area contributed by atoms with Crippen molar-refractivity contribution in [3.05, 3.63) is 23.4 Å². The maximum absolute atomic E-state index is 12.5. The van der Waals surface area contributed by atoms with Gasteiger partial charge in [-0.05, 0) is 12.1 Å². The second kappa shape index (κ2) is 5.61. The SMILES string of the molecule is CNc1cc(C(=O)N2CC(O)C(O)C2)cc(C(C)(C)C)n1. The molecule has 0 spiro atoms. The van der Waals surface area contributed by atoms with Gasteiger partial charge in [0.2, 0.25) is 0 Å². The Bertz CT molecular complexity index is 529. The second-order valence-corrected chi connectivity index (χ2v) is 6.47. The number of amides is 1. The topological polar surface area (TPSA) is 85.7 Å². The van der Waals surface area contributed by atoms with Gasteiger partial charge in [-0.15, -0.1) is 0 Å².